The highest BCUT2D eigenvalue weighted by Crippen LogP contribution is 2.60. The molecule has 0 spiro atoms. The Bertz CT molecular complexity index is 1000. The number of fused-ring (bicyclic) bond motifs is 2. The molecule has 3 nitrogen and oxygen atoms in total. The molecule has 25 heavy (non-hydrogen) atoms. The molecule has 0 bridgehead atoms. The molecule has 1 unspecified atom stereocenters. The van der Waals surface area contributed by atoms with Crippen LogP contribution in [0.4, 0.5) is 0 Å². The van der Waals surface area contributed by atoms with Crippen molar-refractivity contribution in [2.75, 3.05) is 12.4 Å². The molecule has 0 aliphatic rings. The van der Waals surface area contributed by atoms with Crippen molar-refractivity contribution in [3.05, 3.63) is 47.0 Å². The van der Waals surface area contributed by atoms with Gasteiger partial charge in [-0.15, -0.1) is 0 Å². The van der Waals surface area contributed by atoms with Crippen LogP contribution in [0, 0.1) is 4.51 Å². The minimum absolute atomic E-state index is 0.536. The van der Waals surface area contributed by atoms with Crippen molar-refractivity contribution >= 4 is 63.0 Å². The van der Waals surface area contributed by atoms with Gasteiger partial charge >= 0.3 is 0 Å². The summed E-state index contributed by atoms with van der Waals surface area (Å²) < 4.78 is 18.6. The molecular formula is C18H19O3PS3. The predicted molar refractivity (Wildman–Crippen MR) is 114 cm³/mol. The Hall–Kier alpha value is -0.910. The van der Waals surface area contributed by atoms with Gasteiger partial charge < -0.3 is 13.5 Å². The lowest BCUT2D eigenvalue weighted by atomic mass is 10.1. The van der Waals surface area contributed by atoms with Crippen molar-refractivity contribution in [1.82, 2.24) is 0 Å². The van der Waals surface area contributed by atoms with Gasteiger partial charge in [-0.2, -0.15) is 0 Å². The Morgan fingerprint density at radius 2 is 1.84 bits per heavy atom. The molecule has 1 atom stereocenters. The maximum atomic E-state index is 6.10. The largest absolute Gasteiger partial charge is 0.456 e. The molecule has 0 aliphatic carbocycles. The fourth-order valence-electron chi connectivity index (χ4n) is 2.42. The summed E-state index contributed by atoms with van der Waals surface area (Å²) in [5, 5.41) is 1.77. The molecule has 0 amide bonds. The Kier molecular flexibility index (Phi) is 6.18. The van der Waals surface area contributed by atoms with E-state index in [0.717, 1.165) is 38.6 Å². The summed E-state index contributed by atoms with van der Waals surface area (Å²) >= 11 is 12.9. The Morgan fingerprint density at radius 1 is 1.08 bits per heavy atom. The third-order valence-corrected chi connectivity index (χ3v) is 9.39. The van der Waals surface area contributed by atoms with Crippen LogP contribution in [-0.2, 0) is 16.3 Å². The summed E-state index contributed by atoms with van der Waals surface area (Å²) in [6.45, 7) is 4.59. The van der Waals surface area contributed by atoms with E-state index in [9.17, 15) is 0 Å². The highest BCUT2D eigenvalue weighted by molar-refractivity contribution is 8.68. The second-order valence-electron chi connectivity index (χ2n) is 5.37. The average molecular weight is 411 g/mol. The van der Waals surface area contributed by atoms with E-state index in [1.165, 1.54) is 0 Å². The van der Waals surface area contributed by atoms with Gasteiger partial charge in [0, 0.05) is 16.5 Å². The molecule has 2 aromatic carbocycles. The van der Waals surface area contributed by atoms with Gasteiger partial charge in [0.25, 0.3) is 5.69 Å². The average Bonchev–Trinajstić information content (AvgIpc) is 2.61. The number of para-hydroxylation sites is 1. The highest BCUT2D eigenvalue weighted by atomic mass is 32.9. The number of rotatable bonds is 7. The summed E-state index contributed by atoms with van der Waals surface area (Å²) in [5.41, 5.74) is -0.892. The quantitative estimate of drug-likeness (QED) is 0.235. The van der Waals surface area contributed by atoms with Crippen molar-refractivity contribution in [2.45, 2.75) is 20.3 Å². The van der Waals surface area contributed by atoms with E-state index >= 15 is 0 Å². The van der Waals surface area contributed by atoms with Gasteiger partial charge in [-0.1, -0.05) is 42.7 Å². The standard InChI is InChI=1S/C18H19O3PS3/c1-3-11-25-22(24,19-4-2)21-13-9-10-17-15(12-13)18(23)14-7-5-6-8-16(14)20-17/h5-10,12H,3-4,11H2,1-2H3. The SMILES string of the molecule is CCCSP(=S)(OCC)Oc1ccc2oc3ccccc3c(=S)c2c1. The van der Waals surface area contributed by atoms with Gasteiger partial charge in [0.2, 0.25) is 0 Å². The van der Waals surface area contributed by atoms with Gasteiger partial charge in [-0.05, 0) is 55.5 Å². The van der Waals surface area contributed by atoms with Crippen molar-refractivity contribution in [2.24, 2.45) is 0 Å². The fraction of sp³-hybridized carbons (Fsp3) is 0.278. The molecular weight excluding hydrogens is 391 g/mol. The summed E-state index contributed by atoms with van der Waals surface area (Å²) in [6.07, 6.45) is 1.03. The van der Waals surface area contributed by atoms with Crippen LogP contribution in [0.5, 0.6) is 5.75 Å². The van der Waals surface area contributed by atoms with E-state index in [1.807, 2.05) is 49.4 Å². The number of hydrogen-bond donors (Lipinski definition) is 0. The molecule has 0 radical (unpaired) electrons. The van der Waals surface area contributed by atoms with Gasteiger partial charge in [0.05, 0.1) is 11.1 Å². The van der Waals surface area contributed by atoms with Crippen LogP contribution in [0.3, 0.4) is 0 Å². The zero-order valence-electron chi connectivity index (χ0n) is 14.1. The second kappa shape index (κ2) is 8.19. The van der Waals surface area contributed by atoms with Crippen molar-refractivity contribution in [3.63, 3.8) is 0 Å². The van der Waals surface area contributed by atoms with E-state index in [1.54, 1.807) is 11.4 Å². The second-order valence-corrected chi connectivity index (χ2v) is 12.1. The summed E-state index contributed by atoms with van der Waals surface area (Å²) in [7, 11) is 0. The zero-order valence-corrected chi connectivity index (χ0v) is 17.4. The van der Waals surface area contributed by atoms with Crippen LogP contribution in [0.15, 0.2) is 46.9 Å². The summed E-state index contributed by atoms with van der Waals surface area (Å²) in [4.78, 5) is 0. The van der Waals surface area contributed by atoms with Crippen molar-refractivity contribution < 1.29 is 13.5 Å². The first-order valence-corrected chi connectivity index (χ1v) is 12.7. The van der Waals surface area contributed by atoms with E-state index in [-0.39, 0.29) is 0 Å². The van der Waals surface area contributed by atoms with Crippen molar-refractivity contribution in [3.8, 4) is 5.75 Å². The molecule has 7 heteroatoms. The molecule has 1 heterocycles. The third-order valence-electron chi connectivity index (χ3n) is 3.51. The lowest BCUT2D eigenvalue weighted by Crippen LogP contribution is -1.96. The molecule has 1 aromatic heterocycles. The van der Waals surface area contributed by atoms with E-state index in [2.05, 4.69) is 6.92 Å². The molecule has 0 N–H and O–H groups in total. The molecule has 132 valence electrons. The Morgan fingerprint density at radius 3 is 2.60 bits per heavy atom. The first kappa shape index (κ1) is 18.9. The van der Waals surface area contributed by atoms with Gasteiger partial charge in [-0.3, -0.25) is 0 Å². The van der Waals surface area contributed by atoms with Gasteiger partial charge in [-0.25, -0.2) is 0 Å². The summed E-state index contributed by atoms with van der Waals surface area (Å²) in [6, 6.07) is 13.4. The van der Waals surface area contributed by atoms with Gasteiger partial charge in [0.1, 0.15) is 16.9 Å². The van der Waals surface area contributed by atoms with Crippen LogP contribution in [-0.4, -0.2) is 12.4 Å². The monoisotopic (exact) mass is 410 g/mol. The van der Waals surface area contributed by atoms with Crippen LogP contribution < -0.4 is 4.52 Å². The van der Waals surface area contributed by atoms with E-state index in [0.29, 0.717) is 12.4 Å². The van der Waals surface area contributed by atoms with Gasteiger partial charge in [0.15, 0.2) is 0 Å². The first-order chi connectivity index (χ1) is 12.1. The number of hydrogen-bond acceptors (Lipinski definition) is 6. The maximum Gasteiger partial charge on any atom is 0.297 e. The third kappa shape index (κ3) is 4.26. The zero-order chi connectivity index (χ0) is 17.9. The molecule has 0 aliphatic heterocycles. The lowest BCUT2D eigenvalue weighted by molar-refractivity contribution is 0.344. The fourth-order valence-corrected chi connectivity index (χ4v) is 7.44. The number of benzene rings is 2. The van der Waals surface area contributed by atoms with Crippen LogP contribution in [0.1, 0.15) is 20.3 Å². The Balaban J connectivity index is 2.03. The predicted octanol–water partition coefficient (Wildman–Crippen LogP) is 7.10. The van der Waals surface area contributed by atoms with Crippen molar-refractivity contribution in [1.29, 1.82) is 0 Å². The minimum Gasteiger partial charge on any atom is -0.456 e. The Labute approximate surface area is 161 Å². The lowest BCUT2D eigenvalue weighted by Gasteiger charge is -2.21. The molecule has 3 rings (SSSR count). The molecule has 3 aromatic rings. The smallest absolute Gasteiger partial charge is 0.297 e. The minimum atomic E-state index is -2.41. The topological polar surface area (TPSA) is 31.6 Å². The van der Waals surface area contributed by atoms with E-state index in [4.69, 9.17) is 37.5 Å². The highest BCUT2D eigenvalue weighted by Gasteiger charge is 2.21. The van der Waals surface area contributed by atoms with Crippen LogP contribution >= 0.6 is 29.3 Å². The molecule has 0 saturated heterocycles. The van der Waals surface area contributed by atoms with E-state index < -0.39 is 5.69 Å². The van der Waals surface area contributed by atoms with Crippen LogP contribution in [0.2, 0.25) is 0 Å². The molecule has 0 saturated carbocycles. The normalized spacial score (nSPS) is 13.8. The molecule has 0 fully saturated rings. The maximum absolute atomic E-state index is 6.10. The van der Waals surface area contributed by atoms with Crippen LogP contribution in [0.25, 0.3) is 21.9 Å². The first-order valence-electron chi connectivity index (χ1n) is 8.10. The summed E-state index contributed by atoms with van der Waals surface area (Å²) in [5.74, 6) is 1.58.